The number of thiophene rings is 1. The summed E-state index contributed by atoms with van der Waals surface area (Å²) in [5, 5.41) is 10.7. The van der Waals surface area contributed by atoms with E-state index in [1.807, 2.05) is 26.2 Å². The lowest BCUT2D eigenvalue weighted by molar-refractivity contribution is 0.406. The van der Waals surface area contributed by atoms with Gasteiger partial charge in [0, 0.05) is 11.4 Å². The molecule has 0 aliphatic rings. The van der Waals surface area contributed by atoms with Crippen molar-refractivity contribution in [2.45, 2.75) is 6.54 Å². The maximum Gasteiger partial charge on any atom is 0.133 e. The van der Waals surface area contributed by atoms with Crippen molar-refractivity contribution in [1.82, 2.24) is 4.90 Å². The van der Waals surface area contributed by atoms with Gasteiger partial charge in [-0.25, -0.2) is 0 Å². The number of hydrogen-bond acceptors (Lipinski definition) is 3. The summed E-state index contributed by atoms with van der Waals surface area (Å²) in [5.74, 6) is 0.387. The molecule has 0 radical (unpaired) electrons. The van der Waals surface area contributed by atoms with E-state index >= 15 is 0 Å². The van der Waals surface area contributed by atoms with E-state index in [0.717, 1.165) is 16.6 Å². The van der Waals surface area contributed by atoms with Gasteiger partial charge in [-0.3, -0.25) is 0 Å². The van der Waals surface area contributed by atoms with Crippen LogP contribution >= 0.6 is 11.3 Å². The third-order valence-corrected chi connectivity index (χ3v) is 3.20. The van der Waals surface area contributed by atoms with E-state index in [9.17, 15) is 5.11 Å². The normalized spacial score (nSPS) is 11.4. The molecule has 2 aromatic rings. The number of nitrogens with zero attached hydrogens (tertiary/aromatic N) is 1. The zero-order valence-electron chi connectivity index (χ0n) is 8.32. The highest BCUT2D eigenvalue weighted by Crippen LogP contribution is 2.32. The summed E-state index contributed by atoms with van der Waals surface area (Å²) < 4.78 is 0.990. The summed E-state index contributed by atoms with van der Waals surface area (Å²) in [6.07, 6.45) is 0. The average Bonchev–Trinajstić information content (AvgIpc) is 2.47. The number of aromatic hydroxyl groups is 1. The van der Waals surface area contributed by atoms with Crippen LogP contribution in [0.2, 0.25) is 0 Å². The molecule has 0 aliphatic carbocycles. The molecule has 74 valence electrons. The van der Waals surface area contributed by atoms with Gasteiger partial charge in [0.05, 0.1) is 4.70 Å². The first-order valence-electron chi connectivity index (χ1n) is 4.52. The van der Waals surface area contributed by atoms with E-state index in [1.165, 1.54) is 4.88 Å². The van der Waals surface area contributed by atoms with Gasteiger partial charge in [0.2, 0.25) is 0 Å². The Morgan fingerprint density at radius 2 is 2.14 bits per heavy atom. The van der Waals surface area contributed by atoms with Gasteiger partial charge in [0.25, 0.3) is 0 Å². The van der Waals surface area contributed by atoms with Crippen LogP contribution in [0.3, 0.4) is 0 Å². The van der Waals surface area contributed by atoms with Crippen molar-refractivity contribution in [3.05, 3.63) is 29.1 Å². The summed E-state index contributed by atoms with van der Waals surface area (Å²) in [6, 6.07) is 7.78. The first-order chi connectivity index (χ1) is 6.66. The van der Waals surface area contributed by atoms with Crippen molar-refractivity contribution >= 4 is 21.4 Å². The van der Waals surface area contributed by atoms with Crippen molar-refractivity contribution in [2.75, 3.05) is 14.1 Å². The van der Waals surface area contributed by atoms with E-state index in [-0.39, 0.29) is 0 Å². The van der Waals surface area contributed by atoms with Gasteiger partial charge in [-0.05, 0) is 31.6 Å². The molecule has 0 atom stereocenters. The Balaban J connectivity index is 2.46. The number of phenols is 1. The smallest absolute Gasteiger partial charge is 0.133 e. The van der Waals surface area contributed by atoms with Gasteiger partial charge in [0.15, 0.2) is 0 Å². The van der Waals surface area contributed by atoms with Crippen LogP contribution in [0.4, 0.5) is 0 Å². The van der Waals surface area contributed by atoms with Crippen LogP contribution in [0.5, 0.6) is 5.75 Å². The number of phenolic OH excluding ortho intramolecular Hbond substituents is 1. The second-order valence-electron chi connectivity index (χ2n) is 3.65. The van der Waals surface area contributed by atoms with Gasteiger partial charge < -0.3 is 10.0 Å². The van der Waals surface area contributed by atoms with Crippen LogP contribution in [-0.4, -0.2) is 24.1 Å². The fourth-order valence-electron chi connectivity index (χ4n) is 1.49. The molecule has 2 rings (SSSR count). The van der Waals surface area contributed by atoms with E-state index in [2.05, 4.69) is 11.0 Å². The van der Waals surface area contributed by atoms with Gasteiger partial charge in [-0.15, -0.1) is 11.3 Å². The lowest BCUT2D eigenvalue weighted by Gasteiger charge is -2.05. The number of rotatable bonds is 2. The largest absolute Gasteiger partial charge is 0.506 e. The predicted molar refractivity (Wildman–Crippen MR) is 60.9 cm³/mol. The topological polar surface area (TPSA) is 23.5 Å². The van der Waals surface area contributed by atoms with Crippen LogP contribution < -0.4 is 0 Å². The molecule has 3 heteroatoms. The lowest BCUT2D eigenvalue weighted by atomic mass is 10.2. The SMILES string of the molecule is CN(C)Cc1cc2cccc(O)c2s1. The molecule has 1 N–H and O–H groups in total. The number of fused-ring (bicyclic) bond motifs is 1. The molecule has 0 amide bonds. The van der Waals surface area contributed by atoms with Crippen molar-refractivity contribution in [3.63, 3.8) is 0 Å². The molecular formula is C11H13NOS. The fourth-order valence-corrected chi connectivity index (χ4v) is 2.68. The molecule has 0 saturated carbocycles. The highest BCUT2D eigenvalue weighted by Gasteiger charge is 2.05. The molecule has 14 heavy (non-hydrogen) atoms. The first-order valence-corrected chi connectivity index (χ1v) is 5.33. The Labute approximate surface area is 87.4 Å². The predicted octanol–water partition coefficient (Wildman–Crippen LogP) is 2.67. The monoisotopic (exact) mass is 207 g/mol. The number of hydrogen-bond donors (Lipinski definition) is 1. The molecule has 0 unspecified atom stereocenters. The fraction of sp³-hybridized carbons (Fsp3) is 0.273. The van der Waals surface area contributed by atoms with Crippen LogP contribution in [0.1, 0.15) is 4.88 Å². The molecule has 0 bridgehead atoms. The minimum atomic E-state index is 0.387. The molecular weight excluding hydrogens is 194 g/mol. The van der Waals surface area contributed by atoms with Crippen LogP contribution in [0.15, 0.2) is 24.3 Å². The highest BCUT2D eigenvalue weighted by atomic mass is 32.1. The minimum Gasteiger partial charge on any atom is -0.506 e. The van der Waals surface area contributed by atoms with Crippen LogP contribution in [-0.2, 0) is 6.54 Å². The zero-order valence-corrected chi connectivity index (χ0v) is 9.14. The third kappa shape index (κ3) is 1.74. The highest BCUT2D eigenvalue weighted by molar-refractivity contribution is 7.19. The Morgan fingerprint density at radius 3 is 2.79 bits per heavy atom. The second-order valence-corrected chi connectivity index (χ2v) is 4.78. The van der Waals surface area contributed by atoms with Crippen molar-refractivity contribution in [1.29, 1.82) is 0 Å². The maximum absolute atomic E-state index is 9.62. The van der Waals surface area contributed by atoms with E-state index < -0.39 is 0 Å². The van der Waals surface area contributed by atoms with Crippen molar-refractivity contribution in [2.24, 2.45) is 0 Å². The quantitative estimate of drug-likeness (QED) is 0.818. The molecule has 1 aromatic heterocycles. The molecule has 0 spiro atoms. The standard InChI is InChI=1S/C11H13NOS/c1-12(2)7-9-6-8-4-3-5-10(13)11(8)14-9/h3-6,13H,7H2,1-2H3. The summed E-state index contributed by atoms with van der Waals surface area (Å²) in [7, 11) is 4.09. The summed E-state index contributed by atoms with van der Waals surface area (Å²) in [6.45, 7) is 0.929. The van der Waals surface area contributed by atoms with E-state index in [1.54, 1.807) is 17.4 Å². The van der Waals surface area contributed by atoms with E-state index in [4.69, 9.17) is 0 Å². The molecule has 2 nitrogen and oxygen atoms in total. The summed E-state index contributed by atoms with van der Waals surface area (Å²) >= 11 is 1.66. The zero-order chi connectivity index (χ0) is 10.1. The van der Waals surface area contributed by atoms with E-state index in [0.29, 0.717) is 5.75 Å². The first kappa shape index (κ1) is 9.49. The molecule has 0 saturated heterocycles. The van der Waals surface area contributed by atoms with Gasteiger partial charge in [-0.1, -0.05) is 12.1 Å². The summed E-state index contributed by atoms with van der Waals surface area (Å²) in [5.41, 5.74) is 0. The summed E-state index contributed by atoms with van der Waals surface area (Å²) in [4.78, 5) is 3.41. The molecule has 0 aliphatic heterocycles. The van der Waals surface area contributed by atoms with Crippen molar-refractivity contribution in [3.8, 4) is 5.75 Å². The maximum atomic E-state index is 9.62. The third-order valence-electron chi connectivity index (χ3n) is 2.05. The molecule has 1 aromatic carbocycles. The minimum absolute atomic E-state index is 0.387. The Morgan fingerprint density at radius 1 is 1.36 bits per heavy atom. The molecule has 0 fully saturated rings. The molecule has 1 heterocycles. The van der Waals surface area contributed by atoms with Gasteiger partial charge in [0.1, 0.15) is 5.75 Å². The van der Waals surface area contributed by atoms with Gasteiger partial charge >= 0.3 is 0 Å². The lowest BCUT2D eigenvalue weighted by Crippen LogP contribution is -2.09. The average molecular weight is 207 g/mol. The number of benzene rings is 1. The Hall–Kier alpha value is -1.06. The van der Waals surface area contributed by atoms with Gasteiger partial charge in [-0.2, -0.15) is 0 Å². The Bertz CT molecular complexity index is 447. The van der Waals surface area contributed by atoms with Crippen LogP contribution in [0.25, 0.3) is 10.1 Å². The van der Waals surface area contributed by atoms with Crippen LogP contribution in [0, 0.1) is 0 Å². The second kappa shape index (κ2) is 3.59. The Kier molecular flexibility index (Phi) is 2.44. The van der Waals surface area contributed by atoms with Crippen molar-refractivity contribution < 1.29 is 5.11 Å².